The van der Waals surface area contributed by atoms with Crippen LogP contribution in [0.1, 0.15) is 0 Å². The molecule has 94 valence electrons. The first-order chi connectivity index (χ1) is 8.00. The van der Waals surface area contributed by atoms with Gasteiger partial charge in [0.25, 0.3) is 0 Å². The van der Waals surface area contributed by atoms with Crippen molar-refractivity contribution >= 4 is 20.8 Å². The highest BCUT2D eigenvalue weighted by molar-refractivity contribution is 7.88. The van der Waals surface area contributed by atoms with Gasteiger partial charge in [-0.2, -0.15) is 0 Å². The summed E-state index contributed by atoms with van der Waals surface area (Å²) in [6.07, 6.45) is 0. The SMILES string of the molecule is CN1CCN(C)P1C[P+](C)(C)c1ccccc1. The van der Waals surface area contributed by atoms with Gasteiger partial charge in [0, 0.05) is 20.4 Å². The molecule has 2 nitrogen and oxygen atoms in total. The van der Waals surface area contributed by atoms with E-state index in [-0.39, 0.29) is 8.22 Å². The Morgan fingerprint density at radius 3 is 2.12 bits per heavy atom. The van der Waals surface area contributed by atoms with Gasteiger partial charge in [-0.05, 0) is 26.2 Å². The third-order valence-electron chi connectivity index (χ3n) is 3.47. The van der Waals surface area contributed by atoms with E-state index in [4.69, 9.17) is 0 Å². The highest BCUT2D eigenvalue weighted by atomic mass is 31.2. The number of hydrogen-bond donors (Lipinski definition) is 0. The van der Waals surface area contributed by atoms with E-state index < -0.39 is 7.26 Å². The molecule has 0 saturated carbocycles. The molecular formula is C13H23N2P2+. The molecule has 17 heavy (non-hydrogen) atoms. The number of benzene rings is 1. The molecule has 1 aromatic rings. The quantitative estimate of drug-likeness (QED) is 0.778. The minimum atomic E-state index is -0.973. The van der Waals surface area contributed by atoms with E-state index in [1.807, 2.05) is 0 Å². The molecule has 2 rings (SSSR count). The topological polar surface area (TPSA) is 6.48 Å². The van der Waals surface area contributed by atoms with Crippen molar-refractivity contribution in [3.05, 3.63) is 30.3 Å². The largest absolute Gasteiger partial charge is 0.269 e. The summed E-state index contributed by atoms with van der Waals surface area (Å²) in [5.41, 5.74) is 0. The molecule has 0 bridgehead atoms. The van der Waals surface area contributed by atoms with Crippen molar-refractivity contribution in [2.24, 2.45) is 0 Å². The normalized spacial score (nSPS) is 20.0. The van der Waals surface area contributed by atoms with Gasteiger partial charge in [-0.3, -0.25) is 9.34 Å². The smallest absolute Gasteiger partial charge is 0.110 e. The number of nitrogens with zero attached hydrogens (tertiary/aromatic N) is 2. The van der Waals surface area contributed by atoms with Crippen LogP contribution in [-0.4, -0.2) is 55.8 Å². The summed E-state index contributed by atoms with van der Waals surface area (Å²) in [4.78, 5) is 0. The van der Waals surface area contributed by atoms with Crippen molar-refractivity contribution in [2.45, 2.75) is 0 Å². The van der Waals surface area contributed by atoms with Crippen molar-refractivity contribution in [3.8, 4) is 0 Å². The highest BCUT2D eigenvalue weighted by Crippen LogP contribution is 2.63. The first-order valence-corrected chi connectivity index (χ1v) is 10.4. The van der Waals surface area contributed by atoms with Gasteiger partial charge in [0.05, 0.1) is 26.9 Å². The maximum Gasteiger partial charge on any atom is 0.110 e. The Morgan fingerprint density at radius 1 is 1.06 bits per heavy atom. The zero-order valence-corrected chi connectivity index (χ0v) is 13.1. The molecule has 0 radical (unpaired) electrons. The maximum absolute atomic E-state index is 2.56. The number of rotatable bonds is 3. The molecule has 0 atom stereocenters. The fraction of sp³-hybridized carbons (Fsp3) is 0.538. The summed E-state index contributed by atoms with van der Waals surface area (Å²) in [7, 11) is 3.52. The molecule has 1 aromatic carbocycles. The lowest BCUT2D eigenvalue weighted by Crippen LogP contribution is -2.17. The van der Waals surface area contributed by atoms with Crippen LogP contribution in [0.2, 0.25) is 0 Å². The van der Waals surface area contributed by atoms with Gasteiger partial charge in [-0.25, -0.2) is 0 Å². The summed E-state index contributed by atoms with van der Waals surface area (Å²) >= 11 is 0. The van der Waals surface area contributed by atoms with E-state index in [0.717, 1.165) is 0 Å². The van der Waals surface area contributed by atoms with Crippen molar-refractivity contribution in [1.82, 2.24) is 9.34 Å². The van der Waals surface area contributed by atoms with Gasteiger partial charge in [0.2, 0.25) is 0 Å². The van der Waals surface area contributed by atoms with E-state index in [9.17, 15) is 0 Å². The molecule has 0 unspecified atom stereocenters. The van der Waals surface area contributed by atoms with Crippen LogP contribution in [-0.2, 0) is 0 Å². The second-order valence-corrected chi connectivity index (χ2v) is 12.4. The zero-order chi connectivity index (χ0) is 12.5. The Bertz CT molecular complexity index is 357. The predicted octanol–water partition coefficient (Wildman–Crippen LogP) is 2.74. The summed E-state index contributed by atoms with van der Waals surface area (Å²) < 4.78 is 5.11. The van der Waals surface area contributed by atoms with Gasteiger partial charge in [0.1, 0.15) is 5.90 Å². The average molecular weight is 269 g/mol. The van der Waals surface area contributed by atoms with Crippen LogP contribution in [0.15, 0.2) is 30.3 Å². The lowest BCUT2D eigenvalue weighted by Gasteiger charge is -2.28. The lowest BCUT2D eigenvalue weighted by molar-refractivity contribution is 0.553. The van der Waals surface area contributed by atoms with Gasteiger partial charge in [-0.1, -0.05) is 18.2 Å². The molecule has 4 heteroatoms. The second-order valence-electron chi connectivity index (χ2n) is 5.30. The highest BCUT2D eigenvalue weighted by Gasteiger charge is 2.38. The fourth-order valence-electron chi connectivity index (χ4n) is 2.23. The van der Waals surface area contributed by atoms with Crippen LogP contribution in [0.25, 0.3) is 0 Å². The first kappa shape index (κ1) is 13.4. The van der Waals surface area contributed by atoms with E-state index in [1.54, 1.807) is 5.30 Å². The van der Waals surface area contributed by atoms with E-state index >= 15 is 0 Å². The van der Waals surface area contributed by atoms with Crippen LogP contribution in [0, 0.1) is 0 Å². The summed E-state index contributed by atoms with van der Waals surface area (Å²) in [6.45, 7) is 7.42. The molecule has 1 aliphatic heterocycles. The molecule has 0 N–H and O–H groups in total. The zero-order valence-electron chi connectivity index (χ0n) is 11.3. The molecule has 0 amide bonds. The van der Waals surface area contributed by atoms with Gasteiger partial charge in [-0.15, -0.1) is 0 Å². The van der Waals surface area contributed by atoms with Gasteiger partial charge < -0.3 is 0 Å². The Morgan fingerprint density at radius 2 is 1.59 bits per heavy atom. The minimum Gasteiger partial charge on any atom is -0.269 e. The predicted molar refractivity (Wildman–Crippen MR) is 81.9 cm³/mol. The Hall–Kier alpha value is 0. The van der Waals surface area contributed by atoms with Crippen molar-refractivity contribution in [2.75, 3.05) is 46.4 Å². The van der Waals surface area contributed by atoms with E-state index in [1.165, 1.54) is 19.0 Å². The Balaban J connectivity index is 2.12. The second kappa shape index (κ2) is 5.33. The fourth-order valence-corrected chi connectivity index (χ4v) is 9.28. The Kier molecular flexibility index (Phi) is 4.21. The lowest BCUT2D eigenvalue weighted by atomic mass is 10.4. The third-order valence-corrected chi connectivity index (χ3v) is 11.0. The molecule has 1 fully saturated rings. The number of likely N-dealkylation sites (N-methyl/N-ethyl adjacent to an activating group) is 2. The van der Waals surface area contributed by atoms with Gasteiger partial charge in [0.15, 0.2) is 0 Å². The Labute approximate surface area is 107 Å². The van der Waals surface area contributed by atoms with E-state index in [2.05, 4.69) is 67.1 Å². The minimum absolute atomic E-state index is 0.0631. The van der Waals surface area contributed by atoms with E-state index in [0.29, 0.717) is 0 Å². The molecule has 1 aliphatic rings. The van der Waals surface area contributed by atoms with Crippen molar-refractivity contribution in [3.63, 3.8) is 0 Å². The molecule has 0 aromatic heterocycles. The van der Waals surface area contributed by atoms with Crippen molar-refractivity contribution < 1.29 is 0 Å². The maximum atomic E-state index is 2.56. The average Bonchev–Trinajstić information content (AvgIpc) is 2.62. The molecule has 1 heterocycles. The molecule has 0 aliphatic carbocycles. The van der Waals surface area contributed by atoms with Gasteiger partial charge >= 0.3 is 0 Å². The summed E-state index contributed by atoms with van der Waals surface area (Å²) in [6, 6.07) is 11.1. The van der Waals surface area contributed by atoms with Crippen LogP contribution >= 0.6 is 15.5 Å². The van der Waals surface area contributed by atoms with Crippen LogP contribution in [0.5, 0.6) is 0 Å². The monoisotopic (exact) mass is 269 g/mol. The van der Waals surface area contributed by atoms with Crippen molar-refractivity contribution in [1.29, 1.82) is 0 Å². The molecule has 1 saturated heterocycles. The number of hydrogen-bond acceptors (Lipinski definition) is 2. The summed E-state index contributed by atoms with van der Waals surface area (Å²) in [5, 5.41) is 1.57. The third kappa shape index (κ3) is 3.06. The van der Waals surface area contributed by atoms with Crippen LogP contribution in [0.4, 0.5) is 0 Å². The molecule has 0 spiro atoms. The van der Waals surface area contributed by atoms with Crippen LogP contribution < -0.4 is 5.30 Å². The standard InChI is InChI=1S/C13H23N2P2/c1-14-10-11-15(2)16(14)12-17(3,4)13-8-6-5-7-9-13/h5-9H,10-12H2,1-4H3/q+1. The van der Waals surface area contributed by atoms with Crippen LogP contribution in [0.3, 0.4) is 0 Å². The molecular weight excluding hydrogens is 246 g/mol. The summed E-state index contributed by atoms with van der Waals surface area (Å²) in [5.74, 6) is 1.36. The first-order valence-electron chi connectivity index (χ1n) is 6.09.